The number of unbranched alkanes of at least 4 members (excludes halogenated alkanes) is 30. The summed E-state index contributed by atoms with van der Waals surface area (Å²) >= 11 is 0. The Hall–Kier alpha value is -1.76. The summed E-state index contributed by atoms with van der Waals surface area (Å²) in [5, 5.41) is 72.2. The number of carbonyl (C=O) groups excluding carboxylic acids is 2. The maximum Gasteiger partial charge on any atom is 0.306 e. The van der Waals surface area contributed by atoms with Crippen molar-refractivity contribution in [3.05, 3.63) is 12.2 Å². The highest BCUT2D eigenvalue weighted by atomic mass is 16.7. The van der Waals surface area contributed by atoms with E-state index >= 15 is 0 Å². The second-order valence-corrected chi connectivity index (χ2v) is 20.5. The molecule has 0 amide bonds. The smallest absolute Gasteiger partial charge is 0.306 e. The van der Waals surface area contributed by atoms with Crippen molar-refractivity contribution in [2.75, 3.05) is 26.4 Å². The third-order valence-corrected chi connectivity index (χ3v) is 14.0. The Morgan fingerprint density at radius 3 is 1.24 bits per heavy atom. The Morgan fingerprint density at radius 2 is 0.803 bits per heavy atom. The number of carbonyl (C=O) groups is 2. The minimum atomic E-state index is -1.76. The van der Waals surface area contributed by atoms with Gasteiger partial charge in [-0.1, -0.05) is 199 Å². The number of hydrogen-bond donors (Lipinski definition) is 7. The molecule has 418 valence electrons. The minimum absolute atomic E-state index is 0.168. The van der Waals surface area contributed by atoms with E-state index in [0.29, 0.717) is 12.8 Å². The molecule has 0 bridgehead atoms. The van der Waals surface area contributed by atoms with E-state index in [1.807, 2.05) is 0 Å². The third kappa shape index (κ3) is 31.0. The highest BCUT2D eigenvalue weighted by Gasteiger charge is 2.47. The second kappa shape index (κ2) is 43.5. The Morgan fingerprint density at radius 1 is 0.437 bits per heavy atom. The van der Waals surface area contributed by atoms with E-state index in [0.717, 1.165) is 44.9 Å². The predicted molar refractivity (Wildman–Crippen MR) is 275 cm³/mol. The molecule has 0 saturated carbocycles. The van der Waals surface area contributed by atoms with Crippen molar-refractivity contribution in [3.63, 3.8) is 0 Å². The summed E-state index contributed by atoms with van der Waals surface area (Å²) in [4.78, 5) is 25.9. The van der Waals surface area contributed by atoms with E-state index in [9.17, 15) is 45.3 Å². The molecule has 15 nitrogen and oxygen atoms in total. The lowest BCUT2D eigenvalue weighted by Gasteiger charge is -2.42. The molecule has 2 saturated heterocycles. The molecular formula is C56H104O15. The first kappa shape index (κ1) is 65.4. The lowest BCUT2D eigenvalue weighted by atomic mass is 9.98. The quantitative estimate of drug-likeness (QED) is 0.0171. The molecule has 0 aromatic heterocycles. The first-order chi connectivity index (χ1) is 34.5. The van der Waals surface area contributed by atoms with Crippen LogP contribution in [-0.4, -0.2) is 142 Å². The van der Waals surface area contributed by atoms with Crippen LogP contribution in [0, 0.1) is 0 Å². The molecule has 7 N–H and O–H groups in total. The van der Waals surface area contributed by atoms with Crippen molar-refractivity contribution in [3.8, 4) is 0 Å². The predicted octanol–water partition coefficient (Wildman–Crippen LogP) is 9.33. The van der Waals surface area contributed by atoms with Crippen molar-refractivity contribution in [2.24, 2.45) is 0 Å². The molecule has 2 rings (SSSR count). The van der Waals surface area contributed by atoms with Crippen LogP contribution in [-0.2, 0) is 38.0 Å². The highest BCUT2D eigenvalue weighted by Crippen LogP contribution is 2.27. The standard InChI is InChI=1S/C56H104O15/c1-3-5-7-9-11-13-15-17-19-21-22-23-25-27-29-31-33-35-37-39-48(59)69-44(41-66-47(58)38-36-34-32-30-28-26-24-20-18-16-14-12-10-8-6-4-2)42-67-55-54(65)52(63)50(61)46(71-55)43-68-56-53(64)51(62)49(60)45(40-57)70-56/h17,19,44-46,49-57,60-65H,3-16,18,20-43H2,1-2H3/b19-17+/t44-,45+,46+,49-,50-,51?,52?,53?,54?,55+,56+/m1/s1. The monoisotopic (exact) mass is 1020 g/mol. The van der Waals surface area contributed by atoms with Gasteiger partial charge in [0, 0.05) is 12.8 Å². The zero-order chi connectivity index (χ0) is 51.7. The first-order valence-electron chi connectivity index (χ1n) is 28.8. The molecule has 0 aromatic rings. The highest BCUT2D eigenvalue weighted by molar-refractivity contribution is 5.70. The Kier molecular flexibility index (Phi) is 40.0. The summed E-state index contributed by atoms with van der Waals surface area (Å²) in [6.07, 6.45) is 28.0. The molecule has 2 fully saturated rings. The molecule has 2 aliphatic rings. The van der Waals surface area contributed by atoms with E-state index in [1.54, 1.807) is 0 Å². The van der Waals surface area contributed by atoms with Gasteiger partial charge in [-0.3, -0.25) is 9.59 Å². The minimum Gasteiger partial charge on any atom is -0.462 e. The number of allylic oxidation sites excluding steroid dienone is 2. The molecule has 11 atom stereocenters. The third-order valence-electron chi connectivity index (χ3n) is 14.0. The van der Waals surface area contributed by atoms with Crippen LogP contribution in [0.4, 0.5) is 0 Å². The van der Waals surface area contributed by atoms with E-state index in [4.69, 9.17) is 28.4 Å². The summed E-state index contributed by atoms with van der Waals surface area (Å²) in [7, 11) is 0. The van der Waals surface area contributed by atoms with Crippen LogP contribution in [0.5, 0.6) is 0 Å². The zero-order valence-corrected chi connectivity index (χ0v) is 44.5. The van der Waals surface area contributed by atoms with Gasteiger partial charge in [0.05, 0.1) is 19.8 Å². The van der Waals surface area contributed by atoms with Gasteiger partial charge in [-0.2, -0.15) is 0 Å². The fraction of sp³-hybridized carbons (Fsp3) is 0.929. The largest absolute Gasteiger partial charge is 0.462 e. The Balaban J connectivity index is 1.76. The summed E-state index contributed by atoms with van der Waals surface area (Å²) < 4.78 is 33.7. The van der Waals surface area contributed by atoms with E-state index in [2.05, 4.69) is 26.0 Å². The summed E-state index contributed by atoms with van der Waals surface area (Å²) in [5.41, 5.74) is 0. The van der Waals surface area contributed by atoms with Crippen molar-refractivity contribution in [2.45, 2.75) is 306 Å². The number of hydrogen-bond acceptors (Lipinski definition) is 15. The Bertz CT molecular complexity index is 1290. The molecule has 0 radical (unpaired) electrons. The van der Waals surface area contributed by atoms with Gasteiger partial charge in [-0.25, -0.2) is 0 Å². The van der Waals surface area contributed by atoms with E-state index in [1.165, 1.54) is 154 Å². The van der Waals surface area contributed by atoms with Crippen LogP contribution in [0.3, 0.4) is 0 Å². The van der Waals surface area contributed by atoms with Crippen molar-refractivity contribution in [1.82, 2.24) is 0 Å². The van der Waals surface area contributed by atoms with E-state index in [-0.39, 0.29) is 26.1 Å². The number of esters is 2. The molecule has 15 heteroatoms. The summed E-state index contributed by atoms with van der Waals surface area (Å²) in [5.74, 6) is -0.912. The maximum absolute atomic E-state index is 13.1. The lowest BCUT2D eigenvalue weighted by molar-refractivity contribution is -0.332. The summed E-state index contributed by atoms with van der Waals surface area (Å²) in [6.45, 7) is 2.63. The van der Waals surface area contributed by atoms with Gasteiger partial charge in [-0.15, -0.1) is 0 Å². The molecular weight excluding hydrogens is 913 g/mol. The van der Waals surface area contributed by atoms with Crippen LogP contribution in [0.1, 0.15) is 239 Å². The molecule has 0 aliphatic carbocycles. The fourth-order valence-corrected chi connectivity index (χ4v) is 9.27. The topological polar surface area (TPSA) is 231 Å². The van der Waals surface area contributed by atoms with E-state index < -0.39 is 92.7 Å². The first-order valence-corrected chi connectivity index (χ1v) is 28.8. The number of ether oxygens (including phenoxy) is 6. The van der Waals surface area contributed by atoms with Crippen LogP contribution in [0.15, 0.2) is 12.2 Å². The number of rotatable bonds is 46. The van der Waals surface area contributed by atoms with Crippen molar-refractivity contribution in [1.29, 1.82) is 0 Å². The molecule has 0 spiro atoms. The van der Waals surface area contributed by atoms with Crippen LogP contribution < -0.4 is 0 Å². The molecule has 2 aliphatic heterocycles. The van der Waals surface area contributed by atoms with Crippen molar-refractivity contribution < 1.29 is 73.8 Å². The molecule has 4 unspecified atom stereocenters. The fourth-order valence-electron chi connectivity index (χ4n) is 9.27. The average Bonchev–Trinajstić information content (AvgIpc) is 3.36. The lowest BCUT2D eigenvalue weighted by Crippen LogP contribution is -2.61. The van der Waals surface area contributed by atoms with Gasteiger partial charge in [0.15, 0.2) is 18.7 Å². The Labute approximate surface area is 429 Å². The number of aliphatic hydroxyl groups excluding tert-OH is 7. The second-order valence-electron chi connectivity index (χ2n) is 20.5. The van der Waals surface area contributed by atoms with Gasteiger partial charge in [0.2, 0.25) is 0 Å². The van der Waals surface area contributed by atoms with Crippen LogP contribution in [0.2, 0.25) is 0 Å². The molecule has 71 heavy (non-hydrogen) atoms. The van der Waals surface area contributed by atoms with Gasteiger partial charge >= 0.3 is 11.9 Å². The normalized spacial score (nSPS) is 25.2. The van der Waals surface area contributed by atoms with Crippen molar-refractivity contribution >= 4 is 11.9 Å². The van der Waals surface area contributed by atoms with Gasteiger partial charge in [0.1, 0.15) is 55.4 Å². The van der Waals surface area contributed by atoms with Gasteiger partial charge in [0.25, 0.3) is 0 Å². The number of aliphatic hydroxyl groups is 7. The van der Waals surface area contributed by atoms with Gasteiger partial charge in [-0.05, 0) is 38.5 Å². The summed E-state index contributed by atoms with van der Waals surface area (Å²) in [6, 6.07) is 0. The molecule has 0 aromatic carbocycles. The van der Waals surface area contributed by atoms with Crippen LogP contribution >= 0.6 is 0 Å². The van der Waals surface area contributed by atoms with Crippen LogP contribution in [0.25, 0.3) is 0 Å². The zero-order valence-electron chi connectivity index (χ0n) is 44.5. The average molecular weight is 1020 g/mol. The van der Waals surface area contributed by atoms with Gasteiger partial charge < -0.3 is 64.2 Å². The SMILES string of the molecule is CCCCCCCC/C=C/CCCCCCCCCCCC(=O)O[C@H](COC(=O)CCCCCCCCCCCCCCCCCC)CO[C@H]1O[C@@H](CO[C@H]2O[C@@H](CO)[C@@H](O)C(O)C2O)[C@@H](O)C(O)C1O. The molecule has 2 heterocycles. The maximum atomic E-state index is 13.1.